The maximum Gasteiger partial charge on any atom is 0.304 e. The van der Waals surface area contributed by atoms with E-state index in [1.165, 1.54) is 6.92 Å². The molecule has 0 radical (unpaired) electrons. The van der Waals surface area contributed by atoms with Crippen molar-refractivity contribution in [2.75, 3.05) is 0 Å². The number of ketones is 2. The van der Waals surface area contributed by atoms with Crippen molar-refractivity contribution in [3.8, 4) is 0 Å². The van der Waals surface area contributed by atoms with Crippen molar-refractivity contribution in [3.63, 3.8) is 0 Å². The quantitative estimate of drug-likeness (QED) is 0.597. The number of carboxylic acids is 1. The van der Waals surface area contributed by atoms with Gasteiger partial charge in [0, 0.05) is 0 Å². The first kappa shape index (κ1) is 8.64. The van der Waals surface area contributed by atoms with Gasteiger partial charge in [-0.15, -0.1) is 0 Å². The molecule has 64 valence electrons. The number of aliphatic carboxylic acids is 1. The van der Waals surface area contributed by atoms with Crippen molar-refractivity contribution in [1.82, 2.24) is 0 Å². The van der Waals surface area contributed by atoms with Gasteiger partial charge in [-0.05, 0) is 19.1 Å². The van der Waals surface area contributed by atoms with Crippen LogP contribution in [0.15, 0.2) is 12.2 Å². The molecule has 0 unspecified atom stereocenters. The predicted octanol–water partition coefficient (Wildman–Crippen LogP) is 0.175. The molecule has 4 nitrogen and oxygen atoms in total. The lowest BCUT2D eigenvalue weighted by Crippen LogP contribution is -2.32. The molecule has 0 saturated carbocycles. The Morgan fingerprint density at radius 3 is 2.17 bits per heavy atom. The van der Waals surface area contributed by atoms with Crippen molar-refractivity contribution in [1.29, 1.82) is 0 Å². The van der Waals surface area contributed by atoms with E-state index in [0.717, 1.165) is 12.2 Å². The molecule has 0 fully saturated rings. The lowest BCUT2D eigenvalue weighted by atomic mass is 9.82. The highest BCUT2D eigenvalue weighted by Crippen LogP contribution is 2.29. The molecule has 1 rings (SSSR count). The SMILES string of the molecule is CC1(CC(=O)O)C(=O)C=CC1=O. The van der Waals surface area contributed by atoms with Crippen LogP contribution in [0.5, 0.6) is 0 Å². The third kappa shape index (κ3) is 1.15. The minimum absolute atomic E-state index is 0.421. The van der Waals surface area contributed by atoms with Crippen LogP contribution in [0.2, 0.25) is 0 Å². The van der Waals surface area contributed by atoms with Gasteiger partial charge in [0.1, 0.15) is 5.41 Å². The van der Waals surface area contributed by atoms with Gasteiger partial charge in [-0.2, -0.15) is 0 Å². The highest BCUT2D eigenvalue weighted by Gasteiger charge is 2.43. The first-order valence-corrected chi connectivity index (χ1v) is 3.45. The van der Waals surface area contributed by atoms with Crippen LogP contribution in [0.1, 0.15) is 13.3 Å². The Balaban J connectivity index is 2.91. The second-order valence-electron chi connectivity index (χ2n) is 2.96. The molecule has 0 amide bonds. The van der Waals surface area contributed by atoms with Gasteiger partial charge in [-0.1, -0.05) is 0 Å². The second-order valence-corrected chi connectivity index (χ2v) is 2.96. The zero-order valence-corrected chi connectivity index (χ0v) is 6.53. The molecule has 0 spiro atoms. The number of hydrogen-bond acceptors (Lipinski definition) is 3. The van der Waals surface area contributed by atoms with E-state index in [1.54, 1.807) is 0 Å². The molecule has 12 heavy (non-hydrogen) atoms. The number of carbonyl (C=O) groups is 3. The van der Waals surface area contributed by atoms with Crippen LogP contribution in [0.3, 0.4) is 0 Å². The van der Waals surface area contributed by atoms with E-state index in [0.29, 0.717) is 0 Å². The van der Waals surface area contributed by atoms with Gasteiger partial charge in [-0.25, -0.2) is 0 Å². The Hall–Kier alpha value is -1.45. The standard InChI is InChI=1S/C8H8O4/c1-8(4-7(11)12)5(9)2-3-6(8)10/h2-3H,4H2,1H3,(H,11,12). The summed E-state index contributed by atoms with van der Waals surface area (Å²) in [5.74, 6) is -1.98. The van der Waals surface area contributed by atoms with E-state index >= 15 is 0 Å². The van der Waals surface area contributed by atoms with Crippen molar-refractivity contribution >= 4 is 17.5 Å². The average molecular weight is 168 g/mol. The van der Waals surface area contributed by atoms with Crippen molar-refractivity contribution in [2.45, 2.75) is 13.3 Å². The van der Waals surface area contributed by atoms with Crippen LogP contribution in [0.4, 0.5) is 0 Å². The maximum absolute atomic E-state index is 11.1. The topological polar surface area (TPSA) is 71.4 Å². The summed E-state index contributed by atoms with van der Waals surface area (Å²) >= 11 is 0. The van der Waals surface area contributed by atoms with Crippen molar-refractivity contribution < 1.29 is 19.5 Å². The van der Waals surface area contributed by atoms with Gasteiger partial charge in [-0.3, -0.25) is 14.4 Å². The van der Waals surface area contributed by atoms with Gasteiger partial charge in [0.15, 0.2) is 11.6 Å². The summed E-state index contributed by atoms with van der Waals surface area (Å²) in [6.45, 7) is 1.35. The molecular weight excluding hydrogens is 160 g/mol. The van der Waals surface area contributed by atoms with E-state index in [1.807, 2.05) is 0 Å². The fourth-order valence-electron chi connectivity index (χ4n) is 1.12. The highest BCUT2D eigenvalue weighted by molar-refractivity contribution is 6.23. The van der Waals surface area contributed by atoms with E-state index in [-0.39, 0.29) is 0 Å². The van der Waals surface area contributed by atoms with Gasteiger partial charge in [0.2, 0.25) is 0 Å². The van der Waals surface area contributed by atoms with Crippen LogP contribution in [0.25, 0.3) is 0 Å². The Morgan fingerprint density at radius 1 is 1.42 bits per heavy atom. The van der Waals surface area contributed by atoms with Gasteiger partial charge in [0.05, 0.1) is 6.42 Å². The van der Waals surface area contributed by atoms with Crippen LogP contribution >= 0.6 is 0 Å². The second kappa shape index (κ2) is 2.55. The average Bonchev–Trinajstić information content (AvgIpc) is 2.16. The molecule has 0 aromatic rings. The predicted molar refractivity (Wildman–Crippen MR) is 39.5 cm³/mol. The minimum atomic E-state index is -1.36. The summed E-state index contributed by atoms with van der Waals surface area (Å²) in [7, 11) is 0. The molecule has 4 heteroatoms. The molecular formula is C8H8O4. The molecule has 1 N–H and O–H groups in total. The monoisotopic (exact) mass is 168 g/mol. The number of rotatable bonds is 2. The van der Waals surface area contributed by atoms with E-state index < -0.39 is 29.4 Å². The molecule has 0 aromatic heterocycles. The van der Waals surface area contributed by atoms with Crippen LogP contribution in [-0.2, 0) is 14.4 Å². The smallest absolute Gasteiger partial charge is 0.304 e. The third-order valence-corrected chi connectivity index (χ3v) is 1.98. The van der Waals surface area contributed by atoms with E-state index in [4.69, 9.17) is 5.11 Å². The van der Waals surface area contributed by atoms with Gasteiger partial charge in [0.25, 0.3) is 0 Å². The van der Waals surface area contributed by atoms with Crippen molar-refractivity contribution in [2.24, 2.45) is 5.41 Å². The highest BCUT2D eigenvalue weighted by atomic mass is 16.4. The summed E-state index contributed by atoms with van der Waals surface area (Å²) < 4.78 is 0. The summed E-state index contributed by atoms with van der Waals surface area (Å²) in [5.41, 5.74) is -1.36. The summed E-state index contributed by atoms with van der Waals surface area (Å²) in [6, 6.07) is 0. The summed E-state index contributed by atoms with van der Waals surface area (Å²) in [4.78, 5) is 32.5. The molecule has 0 saturated heterocycles. The fraction of sp³-hybridized carbons (Fsp3) is 0.375. The first-order valence-electron chi connectivity index (χ1n) is 3.45. The Morgan fingerprint density at radius 2 is 1.83 bits per heavy atom. The van der Waals surface area contributed by atoms with E-state index in [9.17, 15) is 14.4 Å². The number of carbonyl (C=O) groups excluding carboxylic acids is 2. The molecule has 1 aliphatic carbocycles. The Bertz CT molecular complexity index is 269. The minimum Gasteiger partial charge on any atom is -0.481 e. The zero-order valence-electron chi connectivity index (χ0n) is 6.53. The number of allylic oxidation sites excluding steroid dienone is 2. The first-order chi connectivity index (χ1) is 5.47. The lowest BCUT2D eigenvalue weighted by Gasteiger charge is -2.16. The number of hydrogen-bond donors (Lipinski definition) is 1. The molecule has 0 atom stereocenters. The normalized spacial score (nSPS) is 20.1. The number of carboxylic acid groups (broad SMARTS) is 1. The molecule has 0 bridgehead atoms. The molecule has 0 aliphatic heterocycles. The zero-order chi connectivity index (χ0) is 9.35. The van der Waals surface area contributed by atoms with E-state index in [2.05, 4.69) is 0 Å². The van der Waals surface area contributed by atoms with Crippen LogP contribution in [0, 0.1) is 5.41 Å². The van der Waals surface area contributed by atoms with Crippen LogP contribution < -0.4 is 0 Å². The third-order valence-electron chi connectivity index (χ3n) is 1.98. The summed E-state index contributed by atoms with van der Waals surface area (Å²) in [5, 5.41) is 8.44. The maximum atomic E-state index is 11.1. The lowest BCUT2D eigenvalue weighted by molar-refractivity contribution is -0.146. The summed E-state index contributed by atoms with van der Waals surface area (Å²) in [6.07, 6.45) is 1.83. The fourth-order valence-corrected chi connectivity index (χ4v) is 1.12. The van der Waals surface area contributed by atoms with Gasteiger partial charge >= 0.3 is 5.97 Å². The largest absolute Gasteiger partial charge is 0.481 e. The molecule has 0 aromatic carbocycles. The molecule has 1 aliphatic rings. The van der Waals surface area contributed by atoms with Crippen LogP contribution in [-0.4, -0.2) is 22.6 Å². The molecule has 0 heterocycles. The van der Waals surface area contributed by atoms with Crippen molar-refractivity contribution in [3.05, 3.63) is 12.2 Å². The Kier molecular flexibility index (Phi) is 1.84. The van der Waals surface area contributed by atoms with Gasteiger partial charge < -0.3 is 5.11 Å². The Labute approximate surface area is 68.9 Å².